The fraction of sp³-hybridized carbons (Fsp3) is 0.417. The number of hydrogen-bond acceptors (Lipinski definition) is 3. The molecular weight excluding hydrogens is 245 g/mol. The van der Waals surface area contributed by atoms with Crippen LogP contribution in [0.15, 0.2) is 18.2 Å². The number of rotatable bonds is 1. The quantitative estimate of drug-likeness (QED) is 0.757. The number of aldehydes is 1. The highest BCUT2D eigenvalue weighted by atomic mass is 35.5. The Kier molecular flexibility index (Phi) is 5.55. The second kappa shape index (κ2) is 6.69. The Labute approximate surface area is 105 Å². The molecule has 1 aliphatic rings. The number of aliphatic hydroxyl groups is 1. The van der Waals surface area contributed by atoms with Gasteiger partial charge in [-0.15, -0.1) is 0 Å². The van der Waals surface area contributed by atoms with E-state index in [4.69, 9.17) is 16.7 Å². The van der Waals surface area contributed by atoms with Gasteiger partial charge >= 0.3 is 0 Å². The van der Waals surface area contributed by atoms with Crippen molar-refractivity contribution < 1.29 is 14.3 Å². The van der Waals surface area contributed by atoms with Gasteiger partial charge in [0.2, 0.25) is 0 Å². The summed E-state index contributed by atoms with van der Waals surface area (Å²) in [6, 6.07) is 4.28. The van der Waals surface area contributed by atoms with Crippen LogP contribution in [0.5, 0.6) is 0 Å². The van der Waals surface area contributed by atoms with Crippen LogP contribution in [-0.2, 0) is 0 Å². The van der Waals surface area contributed by atoms with E-state index < -0.39 is 5.82 Å². The van der Waals surface area contributed by atoms with Gasteiger partial charge in [0.05, 0.1) is 16.7 Å². The van der Waals surface area contributed by atoms with Crippen LogP contribution in [-0.4, -0.2) is 30.6 Å². The molecule has 0 aliphatic carbocycles. The third-order valence-corrected chi connectivity index (χ3v) is 2.88. The first-order valence-electron chi connectivity index (χ1n) is 5.34. The van der Waals surface area contributed by atoms with Gasteiger partial charge in [0.15, 0.2) is 12.1 Å². The van der Waals surface area contributed by atoms with Crippen LogP contribution in [0.3, 0.4) is 0 Å². The summed E-state index contributed by atoms with van der Waals surface area (Å²) in [4.78, 5) is 10.1. The fourth-order valence-electron chi connectivity index (χ4n) is 1.41. The molecule has 0 bridgehead atoms. The van der Waals surface area contributed by atoms with E-state index in [0.29, 0.717) is 12.2 Å². The summed E-state index contributed by atoms with van der Waals surface area (Å²) in [6.45, 7) is 3.80. The zero-order chi connectivity index (χ0) is 12.8. The number of halogens is 2. The van der Waals surface area contributed by atoms with E-state index in [0.717, 1.165) is 13.1 Å². The molecule has 1 aromatic rings. The van der Waals surface area contributed by atoms with E-state index in [1.165, 1.54) is 18.2 Å². The van der Waals surface area contributed by atoms with Crippen molar-refractivity contribution in [3.05, 3.63) is 34.6 Å². The maximum absolute atomic E-state index is 12.6. The van der Waals surface area contributed by atoms with Crippen molar-refractivity contribution in [1.29, 1.82) is 0 Å². The molecule has 0 radical (unpaired) electrons. The number of carbonyl (C=O) groups is 1. The molecule has 0 aromatic heterocycles. The van der Waals surface area contributed by atoms with Crippen LogP contribution >= 0.6 is 11.6 Å². The molecule has 2 atom stereocenters. The number of nitrogens with one attached hydrogen (secondary N) is 1. The summed E-state index contributed by atoms with van der Waals surface area (Å²) in [5, 5.41) is 12.0. The van der Waals surface area contributed by atoms with Gasteiger partial charge in [-0.3, -0.25) is 4.79 Å². The first-order valence-corrected chi connectivity index (χ1v) is 5.72. The zero-order valence-electron chi connectivity index (χ0n) is 9.49. The van der Waals surface area contributed by atoms with Crippen molar-refractivity contribution in [2.45, 2.75) is 13.0 Å². The van der Waals surface area contributed by atoms with Crippen molar-refractivity contribution in [3.63, 3.8) is 0 Å². The molecule has 2 rings (SSSR count). The van der Waals surface area contributed by atoms with Gasteiger partial charge in [-0.2, -0.15) is 0 Å². The summed E-state index contributed by atoms with van der Waals surface area (Å²) in [5.41, 5.74) is -0.00694. The van der Waals surface area contributed by atoms with E-state index in [-0.39, 0.29) is 16.7 Å². The molecule has 3 nitrogen and oxygen atoms in total. The summed E-state index contributed by atoms with van der Waals surface area (Å²) in [5.74, 6) is -0.195. The molecule has 2 N–H and O–H groups in total. The molecule has 0 spiro atoms. The van der Waals surface area contributed by atoms with Gasteiger partial charge < -0.3 is 10.4 Å². The van der Waals surface area contributed by atoms with E-state index in [9.17, 15) is 9.18 Å². The molecule has 0 unspecified atom stereocenters. The SMILES string of the molecule is C[C@H]1CNC[C@@H]1O.O=Cc1cccc(Cl)c1F. The number of aliphatic hydroxyl groups excluding tert-OH is 1. The van der Waals surface area contributed by atoms with Crippen LogP contribution in [0.2, 0.25) is 5.02 Å². The Morgan fingerprint density at radius 1 is 1.53 bits per heavy atom. The number of β-amino-alcohol motifs (C(OH)–C–C–N with tert-alkyl or cyclic N) is 1. The lowest BCUT2D eigenvalue weighted by molar-refractivity contribution is 0.112. The molecule has 1 saturated heterocycles. The third kappa shape index (κ3) is 4.07. The maximum Gasteiger partial charge on any atom is 0.153 e. The molecule has 5 heteroatoms. The molecule has 1 aliphatic heterocycles. The fourth-order valence-corrected chi connectivity index (χ4v) is 1.59. The highest BCUT2D eigenvalue weighted by molar-refractivity contribution is 6.31. The third-order valence-electron chi connectivity index (χ3n) is 2.59. The number of hydrogen-bond donors (Lipinski definition) is 2. The predicted octanol–water partition coefficient (Wildman–Crippen LogP) is 1.88. The van der Waals surface area contributed by atoms with Crippen molar-refractivity contribution >= 4 is 17.9 Å². The standard InChI is InChI=1S/C7H4ClFO.C5H11NO/c8-6-3-1-2-5(4-10)7(6)9;1-4-2-6-3-5(4)7/h1-4H;4-7H,2-3H2,1H3/t;4-,5-/m.0/s1. The van der Waals surface area contributed by atoms with E-state index in [2.05, 4.69) is 5.32 Å². The second-order valence-electron chi connectivity index (χ2n) is 3.96. The van der Waals surface area contributed by atoms with Gasteiger partial charge in [-0.05, 0) is 18.1 Å². The summed E-state index contributed by atoms with van der Waals surface area (Å²) in [7, 11) is 0. The van der Waals surface area contributed by atoms with E-state index in [1.54, 1.807) is 0 Å². The summed E-state index contributed by atoms with van der Waals surface area (Å²) >= 11 is 5.36. The van der Waals surface area contributed by atoms with Gasteiger partial charge in [0.25, 0.3) is 0 Å². The number of carbonyl (C=O) groups excluding carboxylic acids is 1. The molecule has 1 heterocycles. The molecule has 1 fully saturated rings. The lowest BCUT2D eigenvalue weighted by Crippen LogP contribution is -2.14. The van der Waals surface area contributed by atoms with Crippen LogP contribution in [0, 0.1) is 11.7 Å². The average Bonchev–Trinajstić information content (AvgIpc) is 2.68. The Bertz CT molecular complexity index is 379. The topological polar surface area (TPSA) is 49.3 Å². The minimum absolute atomic E-state index is 0.00694. The molecule has 94 valence electrons. The Morgan fingerprint density at radius 2 is 2.24 bits per heavy atom. The molecule has 1 aromatic carbocycles. The average molecular weight is 260 g/mol. The van der Waals surface area contributed by atoms with Crippen molar-refractivity contribution in [2.75, 3.05) is 13.1 Å². The number of benzene rings is 1. The highest BCUT2D eigenvalue weighted by Crippen LogP contribution is 2.15. The molecule has 17 heavy (non-hydrogen) atoms. The predicted molar refractivity (Wildman–Crippen MR) is 64.8 cm³/mol. The normalized spacial score (nSPS) is 22.8. The van der Waals surface area contributed by atoms with Crippen molar-refractivity contribution in [3.8, 4) is 0 Å². The first kappa shape index (κ1) is 14.1. The maximum atomic E-state index is 12.6. The van der Waals surface area contributed by atoms with E-state index >= 15 is 0 Å². The van der Waals surface area contributed by atoms with Gasteiger partial charge in [-0.1, -0.05) is 24.6 Å². The Morgan fingerprint density at radius 3 is 2.59 bits per heavy atom. The van der Waals surface area contributed by atoms with E-state index in [1.807, 2.05) is 6.92 Å². The summed E-state index contributed by atoms with van der Waals surface area (Å²) < 4.78 is 12.6. The second-order valence-corrected chi connectivity index (χ2v) is 4.37. The van der Waals surface area contributed by atoms with Gasteiger partial charge in [-0.25, -0.2) is 4.39 Å². The van der Waals surface area contributed by atoms with Crippen LogP contribution < -0.4 is 5.32 Å². The molecular formula is C12H15ClFNO2. The van der Waals surface area contributed by atoms with Gasteiger partial charge in [0, 0.05) is 13.1 Å². The van der Waals surface area contributed by atoms with Crippen LogP contribution in [0.25, 0.3) is 0 Å². The van der Waals surface area contributed by atoms with Crippen LogP contribution in [0.1, 0.15) is 17.3 Å². The lowest BCUT2D eigenvalue weighted by Gasteiger charge is -2.02. The molecule has 0 saturated carbocycles. The lowest BCUT2D eigenvalue weighted by atomic mass is 10.1. The minimum atomic E-state index is -0.654. The summed E-state index contributed by atoms with van der Waals surface area (Å²) in [6.07, 6.45) is 0.335. The van der Waals surface area contributed by atoms with Crippen LogP contribution in [0.4, 0.5) is 4.39 Å². The minimum Gasteiger partial charge on any atom is -0.391 e. The van der Waals surface area contributed by atoms with Crippen molar-refractivity contribution in [2.24, 2.45) is 5.92 Å². The Balaban J connectivity index is 0.000000181. The highest BCUT2D eigenvalue weighted by Gasteiger charge is 2.18. The Hall–Kier alpha value is -0.970. The monoisotopic (exact) mass is 259 g/mol. The van der Waals surface area contributed by atoms with Crippen molar-refractivity contribution in [1.82, 2.24) is 5.32 Å². The first-order chi connectivity index (χ1) is 8.06. The zero-order valence-corrected chi connectivity index (χ0v) is 10.2. The molecule has 0 amide bonds. The smallest absolute Gasteiger partial charge is 0.153 e. The largest absolute Gasteiger partial charge is 0.391 e. The van der Waals surface area contributed by atoms with Gasteiger partial charge in [0.1, 0.15) is 0 Å².